The van der Waals surface area contributed by atoms with Gasteiger partial charge in [0.05, 0.1) is 0 Å². The van der Waals surface area contributed by atoms with Crippen molar-refractivity contribution in [1.29, 1.82) is 0 Å². The van der Waals surface area contributed by atoms with Crippen molar-refractivity contribution in [3.8, 4) is 0 Å². The van der Waals surface area contributed by atoms with Crippen LogP contribution >= 0.6 is 0 Å². The van der Waals surface area contributed by atoms with Gasteiger partial charge in [-0.15, -0.1) is 0 Å². The second kappa shape index (κ2) is 11.5. The molecule has 0 spiro atoms. The number of hydrogen-bond donors (Lipinski definition) is 2. The molecule has 0 radical (unpaired) electrons. The van der Waals surface area contributed by atoms with E-state index in [-0.39, 0.29) is 35.9 Å². The van der Waals surface area contributed by atoms with Gasteiger partial charge in [-0.05, 0) is 27.7 Å². The first-order valence-corrected chi connectivity index (χ1v) is 2.83. The molecule has 0 fully saturated rings. The molecular formula is C6H18O2Te. The van der Waals surface area contributed by atoms with Crippen LogP contribution in [0.2, 0.25) is 0 Å². The van der Waals surface area contributed by atoms with E-state index in [0.717, 1.165) is 0 Å². The van der Waals surface area contributed by atoms with E-state index < -0.39 is 0 Å². The van der Waals surface area contributed by atoms with Gasteiger partial charge in [0.25, 0.3) is 0 Å². The summed E-state index contributed by atoms with van der Waals surface area (Å²) in [6, 6.07) is 0. The van der Waals surface area contributed by atoms with Crippen LogP contribution in [-0.2, 0) is 0 Å². The number of aliphatic hydroxyl groups is 2. The molecule has 9 heavy (non-hydrogen) atoms. The Hall–Kier alpha value is 0.710. The molecule has 0 aliphatic carbocycles. The summed E-state index contributed by atoms with van der Waals surface area (Å²) >= 11 is 0. The summed E-state index contributed by atoms with van der Waals surface area (Å²) in [4.78, 5) is 0. The SMILES string of the molecule is CC(C)O.CC(C)O.[TeH2]. The number of hydrogen-bond acceptors (Lipinski definition) is 2. The van der Waals surface area contributed by atoms with Crippen LogP contribution in [0, 0.1) is 0 Å². The molecular weight excluding hydrogens is 232 g/mol. The van der Waals surface area contributed by atoms with Crippen LogP contribution in [0.15, 0.2) is 0 Å². The van der Waals surface area contributed by atoms with Gasteiger partial charge in [0.15, 0.2) is 0 Å². The Bertz CT molecular complexity index is 26.5. The van der Waals surface area contributed by atoms with Gasteiger partial charge in [0, 0.05) is 12.2 Å². The van der Waals surface area contributed by atoms with E-state index in [4.69, 9.17) is 10.2 Å². The van der Waals surface area contributed by atoms with Gasteiger partial charge in [0.2, 0.25) is 0 Å². The molecule has 0 aromatic rings. The minimum absolute atomic E-state index is 0. The molecule has 0 bridgehead atoms. The van der Waals surface area contributed by atoms with Crippen molar-refractivity contribution in [2.75, 3.05) is 0 Å². The molecule has 0 amide bonds. The van der Waals surface area contributed by atoms with Gasteiger partial charge in [-0.2, -0.15) is 0 Å². The second-order valence-corrected chi connectivity index (χ2v) is 2.19. The Labute approximate surface area is 74.0 Å². The molecule has 0 heterocycles. The van der Waals surface area contributed by atoms with Gasteiger partial charge in [-0.25, -0.2) is 0 Å². The number of aliphatic hydroxyl groups excluding tert-OH is 2. The fourth-order valence-electron chi connectivity index (χ4n) is 0. The molecule has 2 nitrogen and oxygen atoms in total. The molecule has 2 N–H and O–H groups in total. The third-order valence-corrected chi connectivity index (χ3v) is 0. The molecule has 0 saturated heterocycles. The van der Waals surface area contributed by atoms with E-state index >= 15 is 0 Å². The standard InChI is InChI=1S/2C3H8O.H2Te/c2*1-3(2)4;/h2*3-4H,1-2H3;1H2. The van der Waals surface area contributed by atoms with E-state index in [9.17, 15) is 0 Å². The molecule has 0 aliphatic rings. The third-order valence-electron chi connectivity index (χ3n) is 0. The topological polar surface area (TPSA) is 40.5 Å². The summed E-state index contributed by atoms with van der Waals surface area (Å²) in [6.45, 7) is 6.89. The zero-order valence-electron chi connectivity index (χ0n) is 6.55. The van der Waals surface area contributed by atoms with E-state index in [1.165, 1.54) is 0 Å². The number of rotatable bonds is 0. The van der Waals surface area contributed by atoms with Crippen LogP contribution < -0.4 is 0 Å². The predicted octanol–water partition coefficient (Wildman–Crippen LogP) is -0.142. The zero-order valence-corrected chi connectivity index (χ0v) is 9.40. The van der Waals surface area contributed by atoms with Crippen LogP contribution in [0.4, 0.5) is 0 Å². The predicted molar refractivity (Wildman–Crippen MR) is 43.3 cm³/mol. The minimum atomic E-state index is -0.167. The Balaban J connectivity index is -0.0000000720. The average molecular weight is 250 g/mol. The molecule has 0 saturated carbocycles. The molecule has 0 aromatic heterocycles. The Morgan fingerprint density at radius 1 is 0.778 bits per heavy atom. The molecule has 0 rings (SSSR count). The molecule has 0 atom stereocenters. The summed E-state index contributed by atoms with van der Waals surface area (Å²) in [5, 5.41) is 16.1. The van der Waals surface area contributed by atoms with Crippen LogP contribution in [0.3, 0.4) is 0 Å². The van der Waals surface area contributed by atoms with E-state index in [1.54, 1.807) is 27.7 Å². The first-order valence-electron chi connectivity index (χ1n) is 2.83. The maximum absolute atomic E-state index is 8.06. The Kier molecular flexibility index (Phi) is 20.9. The van der Waals surface area contributed by atoms with Crippen molar-refractivity contribution < 1.29 is 10.2 Å². The van der Waals surface area contributed by atoms with Crippen molar-refractivity contribution >= 4 is 23.7 Å². The summed E-state index contributed by atoms with van der Waals surface area (Å²) in [6.07, 6.45) is -0.333. The molecule has 0 aromatic carbocycles. The van der Waals surface area contributed by atoms with Gasteiger partial charge in [0.1, 0.15) is 0 Å². The Morgan fingerprint density at radius 2 is 0.778 bits per heavy atom. The van der Waals surface area contributed by atoms with E-state index in [1.807, 2.05) is 0 Å². The van der Waals surface area contributed by atoms with Crippen LogP contribution in [0.25, 0.3) is 0 Å². The van der Waals surface area contributed by atoms with Crippen molar-refractivity contribution in [2.45, 2.75) is 39.9 Å². The third kappa shape index (κ3) is 779. The molecule has 0 aliphatic heterocycles. The van der Waals surface area contributed by atoms with Crippen LogP contribution in [0.1, 0.15) is 27.7 Å². The second-order valence-electron chi connectivity index (χ2n) is 2.19. The van der Waals surface area contributed by atoms with Gasteiger partial charge in [-0.3, -0.25) is 0 Å². The van der Waals surface area contributed by atoms with Gasteiger partial charge >= 0.3 is 23.7 Å². The molecule has 3 heteroatoms. The fraction of sp³-hybridized carbons (Fsp3) is 1.00. The van der Waals surface area contributed by atoms with Crippen molar-refractivity contribution in [1.82, 2.24) is 0 Å². The monoisotopic (exact) mass is 252 g/mol. The summed E-state index contributed by atoms with van der Waals surface area (Å²) in [5.74, 6) is 0. The fourth-order valence-corrected chi connectivity index (χ4v) is 0. The maximum atomic E-state index is 8.06. The summed E-state index contributed by atoms with van der Waals surface area (Å²) in [5.41, 5.74) is 0. The molecule has 0 unspecified atom stereocenters. The Morgan fingerprint density at radius 3 is 0.778 bits per heavy atom. The average Bonchev–Trinajstić information content (AvgIpc) is 1.25. The van der Waals surface area contributed by atoms with Crippen molar-refractivity contribution in [3.63, 3.8) is 0 Å². The first-order chi connectivity index (χ1) is 3.46. The van der Waals surface area contributed by atoms with Gasteiger partial charge < -0.3 is 10.2 Å². The van der Waals surface area contributed by atoms with Crippen LogP contribution in [0.5, 0.6) is 0 Å². The quantitative estimate of drug-likeness (QED) is 0.587. The van der Waals surface area contributed by atoms with Gasteiger partial charge in [-0.1, -0.05) is 0 Å². The molecule has 60 valence electrons. The van der Waals surface area contributed by atoms with E-state index in [2.05, 4.69) is 0 Å². The summed E-state index contributed by atoms with van der Waals surface area (Å²) in [7, 11) is 0. The zero-order chi connectivity index (χ0) is 7.15. The van der Waals surface area contributed by atoms with Crippen molar-refractivity contribution in [2.24, 2.45) is 0 Å². The normalized spacial score (nSPS) is 8.00. The van der Waals surface area contributed by atoms with Crippen molar-refractivity contribution in [3.05, 3.63) is 0 Å². The first kappa shape index (κ1) is 16.4. The summed E-state index contributed by atoms with van der Waals surface area (Å²) < 4.78 is 0. The van der Waals surface area contributed by atoms with E-state index in [0.29, 0.717) is 0 Å². The van der Waals surface area contributed by atoms with Crippen LogP contribution in [-0.4, -0.2) is 46.1 Å².